The maximum atomic E-state index is 10.6. The molecule has 0 aliphatic carbocycles. The molecule has 32 heavy (non-hydrogen) atoms. The molecule has 2 aromatic rings. The lowest BCUT2D eigenvalue weighted by molar-refractivity contribution is 0.00519. The maximum Gasteiger partial charge on any atom is 0.232 e. The Balaban J connectivity index is 1.60. The van der Waals surface area contributed by atoms with Gasteiger partial charge in [0.15, 0.2) is 0 Å². The number of rotatable bonds is 11. The highest BCUT2D eigenvalue weighted by molar-refractivity contribution is 5.68. The van der Waals surface area contributed by atoms with E-state index in [1.165, 1.54) is 19.3 Å². The van der Waals surface area contributed by atoms with Crippen LogP contribution in [0.2, 0.25) is 0 Å². The largest absolute Gasteiger partial charge is 0.389 e. The van der Waals surface area contributed by atoms with Gasteiger partial charge in [-0.05, 0) is 39.0 Å². The number of aliphatic hydroxyl groups is 1. The highest BCUT2D eigenvalue weighted by Crippen LogP contribution is 2.34. The number of hydrogen-bond acceptors (Lipinski definition) is 7. The first-order valence-corrected chi connectivity index (χ1v) is 12.1. The van der Waals surface area contributed by atoms with E-state index in [0.29, 0.717) is 26.3 Å². The minimum atomic E-state index is -0.546. The minimum Gasteiger partial charge on any atom is -0.389 e. The third kappa shape index (κ3) is 6.10. The summed E-state index contributed by atoms with van der Waals surface area (Å²) in [5.74, 6) is 0.875. The summed E-state index contributed by atoms with van der Waals surface area (Å²) in [6, 6.07) is 10.2. The number of benzene rings is 1. The zero-order chi connectivity index (χ0) is 22.2. The standard InChI is InChI=1S/C25H37N3O4/c1-2-30-19-21(29)16-27(17-22-12-9-15-31-22)18-23-24(20-10-5-3-6-11-20)26-32-25(23)28-13-7-4-8-14-28/h3,5-6,10-11,21-22,29H,2,4,7-9,12-19H2,1H3/t21-,22+/m1/s1. The van der Waals surface area contributed by atoms with Gasteiger partial charge >= 0.3 is 0 Å². The van der Waals surface area contributed by atoms with Gasteiger partial charge in [-0.3, -0.25) is 4.90 Å². The van der Waals surface area contributed by atoms with Crippen LogP contribution in [0.15, 0.2) is 34.9 Å². The van der Waals surface area contributed by atoms with Crippen LogP contribution in [0.25, 0.3) is 11.3 Å². The Labute approximate surface area is 191 Å². The smallest absolute Gasteiger partial charge is 0.232 e. The second-order valence-electron chi connectivity index (χ2n) is 8.87. The van der Waals surface area contributed by atoms with Crippen LogP contribution in [0.4, 0.5) is 5.88 Å². The fourth-order valence-electron chi connectivity index (χ4n) is 4.72. The molecule has 0 saturated carbocycles. The molecule has 7 heteroatoms. The van der Waals surface area contributed by atoms with E-state index < -0.39 is 6.10 Å². The van der Waals surface area contributed by atoms with Gasteiger partial charge in [0.1, 0.15) is 5.69 Å². The summed E-state index contributed by atoms with van der Waals surface area (Å²) in [5.41, 5.74) is 3.05. The van der Waals surface area contributed by atoms with Crippen molar-refractivity contribution in [3.05, 3.63) is 35.9 Å². The summed E-state index contributed by atoms with van der Waals surface area (Å²) >= 11 is 0. The summed E-state index contributed by atoms with van der Waals surface area (Å²) in [7, 11) is 0. The summed E-state index contributed by atoms with van der Waals surface area (Å²) in [6.07, 6.45) is 5.43. The first-order chi connectivity index (χ1) is 15.7. The average Bonchev–Trinajstić information content (AvgIpc) is 3.49. The molecule has 0 bridgehead atoms. The van der Waals surface area contributed by atoms with Gasteiger partial charge in [0, 0.05) is 51.5 Å². The van der Waals surface area contributed by atoms with Crippen molar-refractivity contribution in [2.75, 3.05) is 50.9 Å². The van der Waals surface area contributed by atoms with E-state index in [9.17, 15) is 5.11 Å². The van der Waals surface area contributed by atoms with Crippen molar-refractivity contribution in [3.8, 4) is 11.3 Å². The van der Waals surface area contributed by atoms with Crippen LogP contribution in [-0.4, -0.2) is 73.4 Å². The van der Waals surface area contributed by atoms with Crippen LogP contribution in [0.1, 0.15) is 44.6 Å². The summed E-state index contributed by atoms with van der Waals surface area (Å²) in [5, 5.41) is 15.1. The molecule has 0 unspecified atom stereocenters. The molecule has 0 radical (unpaired) electrons. The number of piperidine rings is 1. The maximum absolute atomic E-state index is 10.6. The van der Waals surface area contributed by atoms with Crippen LogP contribution < -0.4 is 4.90 Å². The van der Waals surface area contributed by atoms with Gasteiger partial charge in [-0.2, -0.15) is 0 Å². The van der Waals surface area contributed by atoms with Gasteiger partial charge in [0.25, 0.3) is 0 Å². The monoisotopic (exact) mass is 443 g/mol. The van der Waals surface area contributed by atoms with Crippen LogP contribution in [0.5, 0.6) is 0 Å². The van der Waals surface area contributed by atoms with E-state index >= 15 is 0 Å². The Morgan fingerprint density at radius 1 is 1.19 bits per heavy atom. The van der Waals surface area contributed by atoms with Crippen molar-refractivity contribution >= 4 is 5.88 Å². The van der Waals surface area contributed by atoms with Crippen LogP contribution in [0.3, 0.4) is 0 Å². The number of aliphatic hydroxyl groups excluding tert-OH is 1. The topological polar surface area (TPSA) is 71.2 Å². The van der Waals surface area contributed by atoms with Gasteiger partial charge in [0.2, 0.25) is 5.88 Å². The molecule has 2 atom stereocenters. The zero-order valence-electron chi connectivity index (χ0n) is 19.2. The number of anilines is 1. The normalized spacial score (nSPS) is 20.2. The fraction of sp³-hybridized carbons (Fsp3) is 0.640. The first kappa shape index (κ1) is 23.2. The Hall–Kier alpha value is -1.93. The van der Waals surface area contributed by atoms with Gasteiger partial charge in [-0.25, -0.2) is 0 Å². The Morgan fingerprint density at radius 3 is 2.72 bits per heavy atom. The average molecular weight is 444 g/mol. The lowest BCUT2D eigenvalue weighted by Crippen LogP contribution is -2.39. The molecule has 1 N–H and O–H groups in total. The Bertz CT molecular complexity index is 801. The molecule has 176 valence electrons. The number of ether oxygens (including phenoxy) is 2. The molecule has 2 aliphatic heterocycles. The highest BCUT2D eigenvalue weighted by atomic mass is 16.5. The van der Waals surface area contributed by atoms with Crippen molar-refractivity contribution < 1.29 is 19.1 Å². The molecule has 1 aromatic heterocycles. The quantitative estimate of drug-likeness (QED) is 0.568. The Morgan fingerprint density at radius 2 is 2.00 bits per heavy atom. The van der Waals surface area contributed by atoms with Gasteiger partial charge in [0.05, 0.1) is 24.4 Å². The van der Waals surface area contributed by atoms with Crippen molar-refractivity contribution in [3.63, 3.8) is 0 Å². The molecule has 4 rings (SSSR count). The second kappa shape index (κ2) is 11.8. The third-order valence-electron chi connectivity index (χ3n) is 6.31. The Kier molecular flexibility index (Phi) is 8.56. The predicted molar refractivity (Wildman–Crippen MR) is 125 cm³/mol. The van der Waals surface area contributed by atoms with Crippen LogP contribution >= 0.6 is 0 Å². The molecule has 1 aromatic carbocycles. The molecule has 3 heterocycles. The molecule has 2 fully saturated rings. The predicted octanol–water partition coefficient (Wildman–Crippen LogP) is 3.71. The van der Waals surface area contributed by atoms with E-state index in [4.69, 9.17) is 14.0 Å². The second-order valence-corrected chi connectivity index (χ2v) is 8.87. The van der Waals surface area contributed by atoms with Crippen molar-refractivity contribution in [2.24, 2.45) is 0 Å². The van der Waals surface area contributed by atoms with Crippen LogP contribution in [-0.2, 0) is 16.0 Å². The van der Waals surface area contributed by atoms with Gasteiger partial charge in [-0.15, -0.1) is 0 Å². The lowest BCUT2D eigenvalue weighted by Gasteiger charge is -2.30. The van der Waals surface area contributed by atoms with Crippen molar-refractivity contribution in [1.29, 1.82) is 0 Å². The minimum absolute atomic E-state index is 0.202. The molecule has 2 saturated heterocycles. The van der Waals surface area contributed by atoms with E-state index in [1.807, 2.05) is 25.1 Å². The van der Waals surface area contributed by atoms with Gasteiger partial charge in [-0.1, -0.05) is 35.5 Å². The van der Waals surface area contributed by atoms with Crippen LogP contribution in [0, 0.1) is 0 Å². The molecule has 0 amide bonds. The molecular formula is C25H37N3O4. The molecule has 0 spiro atoms. The highest BCUT2D eigenvalue weighted by Gasteiger charge is 2.28. The van der Waals surface area contributed by atoms with Crippen molar-refractivity contribution in [2.45, 2.75) is 57.8 Å². The van der Waals surface area contributed by atoms with E-state index in [-0.39, 0.29) is 6.10 Å². The lowest BCUT2D eigenvalue weighted by atomic mass is 10.0. The van der Waals surface area contributed by atoms with Crippen molar-refractivity contribution in [1.82, 2.24) is 10.1 Å². The summed E-state index contributed by atoms with van der Waals surface area (Å²) in [4.78, 5) is 4.62. The molecular weight excluding hydrogens is 406 g/mol. The van der Waals surface area contributed by atoms with E-state index in [0.717, 1.165) is 61.8 Å². The van der Waals surface area contributed by atoms with E-state index in [2.05, 4.69) is 27.1 Å². The number of hydrogen-bond donors (Lipinski definition) is 1. The fourth-order valence-corrected chi connectivity index (χ4v) is 4.72. The number of nitrogens with zero attached hydrogens (tertiary/aromatic N) is 3. The zero-order valence-corrected chi connectivity index (χ0v) is 19.2. The molecule has 7 nitrogen and oxygen atoms in total. The SMILES string of the molecule is CCOC[C@H](O)CN(Cc1c(-c2ccccc2)noc1N1CCCCC1)C[C@@H]1CCCO1. The first-order valence-electron chi connectivity index (χ1n) is 12.1. The molecule has 2 aliphatic rings. The number of aromatic nitrogens is 1. The summed E-state index contributed by atoms with van der Waals surface area (Å²) < 4.78 is 17.4. The summed E-state index contributed by atoms with van der Waals surface area (Å²) in [6.45, 7) is 7.67. The van der Waals surface area contributed by atoms with E-state index in [1.54, 1.807) is 0 Å². The van der Waals surface area contributed by atoms with Gasteiger partial charge < -0.3 is 24.0 Å². The third-order valence-corrected chi connectivity index (χ3v) is 6.31.